The molecule has 16 heavy (non-hydrogen) atoms. The Balaban J connectivity index is 2.23. The number of hydrogen-bond acceptors (Lipinski definition) is 3. The van der Waals surface area contributed by atoms with Crippen LogP contribution in [0.2, 0.25) is 0 Å². The number of nitrogens with one attached hydrogen (secondary N) is 1. The van der Waals surface area contributed by atoms with Crippen molar-refractivity contribution < 1.29 is 9.84 Å². The molecule has 0 saturated carbocycles. The van der Waals surface area contributed by atoms with E-state index >= 15 is 0 Å². The highest BCUT2D eigenvalue weighted by molar-refractivity contribution is 5.19. The summed E-state index contributed by atoms with van der Waals surface area (Å²) in [4.78, 5) is 0. The normalized spacial score (nSPS) is 13.5. The number of aliphatic hydroxyl groups is 1. The molecular formula is C13H20NO2. The zero-order valence-corrected chi connectivity index (χ0v) is 10.2. The Morgan fingerprint density at radius 3 is 2.75 bits per heavy atom. The average molecular weight is 222 g/mol. The minimum atomic E-state index is -0.507. The molecule has 0 aliphatic rings. The van der Waals surface area contributed by atoms with Crippen LogP contribution in [0.3, 0.4) is 0 Å². The molecule has 2 N–H and O–H groups in total. The number of benzene rings is 1. The summed E-state index contributed by atoms with van der Waals surface area (Å²) >= 11 is 0. The number of ether oxygens (including phenoxy) is 1. The molecule has 89 valence electrons. The van der Waals surface area contributed by atoms with Crippen molar-refractivity contribution >= 4 is 0 Å². The molecule has 0 aromatic heterocycles. The highest BCUT2D eigenvalue weighted by Crippen LogP contribution is 2.07. The van der Waals surface area contributed by atoms with Gasteiger partial charge in [0, 0.05) is 18.2 Å². The molecule has 1 atom stereocenters. The quantitative estimate of drug-likeness (QED) is 0.795. The van der Waals surface area contributed by atoms with Crippen molar-refractivity contribution in [3.63, 3.8) is 0 Å². The first-order valence-electron chi connectivity index (χ1n) is 5.50. The van der Waals surface area contributed by atoms with Crippen molar-refractivity contribution in [2.24, 2.45) is 0 Å². The molecule has 1 aromatic carbocycles. The van der Waals surface area contributed by atoms with E-state index in [4.69, 9.17) is 4.74 Å². The summed E-state index contributed by atoms with van der Waals surface area (Å²) in [5, 5.41) is 12.9. The maximum atomic E-state index is 9.67. The lowest BCUT2D eigenvalue weighted by atomic mass is 10.1. The zero-order valence-electron chi connectivity index (χ0n) is 10.2. The number of hydrogen-bond donors (Lipinski definition) is 2. The van der Waals surface area contributed by atoms with Crippen LogP contribution < -0.4 is 10.1 Å². The molecule has 1 rings (SSSR count). The van der Waals surface area contributed by atoms with Gasteiger partial charge in [-0.15, -0.1) is 0 Å². The van der Waals surface area contributed by atoms with Crippen molar-refractivity contribution in [3.05, 3.63) is 30.3 Å². The maximum Gasteiger partial charge on any atom is 0.127 e. The predicted molar refractivity (Wildman–Crippen MR) is 64.5 cm³/mol. The number of para-hydroxylation sites is 1. The number of β-amino-alcohol motifs (C(OH)–C–C–N with tert-alkyl or cyclic N) is 1. The van der Waals surface area contributed by atoms with E-state index in [1.165, 1.54) is 0 Å². The number of aliphatic hydroxyl groups excluding tert-OH is 1. The van der Waals surface area contributed by atoms with E-state index in [0.717, 1.165) is 0 Å². The lowest BCUT2D eigenvalue weighted by Crippen LogP contribution is -2.42. The highest BCUT2D eigenvalue weighted by atomic mass is 16.5. The second kappa shape index (κ2) is 5.87. The van der Waals surface area contributed by atoms with Crippen LogP contribution in [0.1, 0.15) is 20.8 Å². The summed E-state index contributed by atoms with van der Waals surface area (Å²) in [6.07, 6.45) is -0.507. The van der Waals surface area contributed by atoms with E-state index in [1.54, 1.807) is 6.07 Å². The van der Waals surface area contributed by atoms with Crippen LogP contribution in [0, 0.1) is 6.07 Å². The molecule has 0 aliphatic heterocycles. The van der Waals surface area contributed by atoms with Crippen LogP contribution in [0.5, 0.6) is 5.75 Å². The van der Waals surface area contributed by atoms with Crippen molar-refractivity contribution in [1.29, 1.82) is 0 Å². The Labute approximate surface area is 97.4 Å². The summed E-state index contributed by atoms with van der Waals surface area (Å²) in [6.45, 7) is 6.99. The van der Waals surface area contributed by atoms with Gasteiger partial charge in [0.15, 0.2) is 0 Å². The first kappa shape index (κ1) is 13.0. The van der Waals surface area contributed by atoms with Gasteiger partial charge in [-0.3, -0.25) is 0 Å². The summed E-state index contributed by atoms with van der Waals surface area (Å²) in [5.41, 5.74) is 0.0137. The van der Waals surface area contributed by atoms with E-state index in [9.17, 15) is 5.11 Å². The Bertz CT molecular complexity index is 293. The van der Waals surface area contributed by atoms with Crippen molar-refractivity contribution in [3.8, 4) is 5.75 Å². The third kappa shape index (κ3) is 5.73. The van der Waals surface area contributed by atoms with E-state index in [2.05, 4.69) is 32.2 Å². The van der Waals surface area contributed by atoms with Gasteiger partial charge in [0.25, 0.3) is 0 Å². The van der Waals surface area contributed by atoms with Gasteiger partial charge < -0.3 is 15.2 Å². The van der Waals surface area contributed by atoms with Gasteiger partial charge >= 0.3 is 0 Å². The third-order valence-electron chi connectivity index (χ3n) is 1.98. The molecule has 3 heteroatoms. The lowest BCUT2D eigenvalue weighted by Gasteiger charge is -2.22. The molecule has 1 aromatic rings. The Morgan fingerprint density at radius 2 is 2.19 bits per heavy atom. The monoisotopic (exact) mass is 222 g/mol. The Morgan fingerprint density at radius 1 is 1.44 bits per heavy atom. The number of rotatable bonds is 5. The molecule has 0 fully saturated rings. The van der Waals surface area contributed by atoms with Gasteiger partial charge in [0.1, 0.15) is 18.5 Å². The standard InChI is InChI=1S/C13H20NO2/c1-13(2,3)14-9-11(15)10-16-12-7-5-4-6-8-12/h4-7,11,14-15H,9-10H2,1-3H3. The second-order valence-electron chi connectivity index (χ2n) is 4.82. The largest absolute Gasteiger partial charge is 0.490 e. The smallest absolute Gasteiger partial charge is 0.127 e. The van der Waals surface area contributed by atoms with E-state index in [1.807, 2.05) is 18.2 Å². The first-order valence-corrected chi connectivity index (χ1v) is 5.50. The van der Waals surface area contributed by atoms with Crippen LogP contribution in [0.25, 0.3) is 0 Å². The van der Waals surface area contributed by atoms with Gasteiger partial charge in [0.05, 0.1) is 0 Å². The fraction of sp³-hybridized carbons (Fsp3) is 0.538. The molecule has 0 aliphatic carbocycles. The molecule has 1 unspecified atom stereocenters. The van der Waals surface area contributed by atoms with Gasteiger partial charge in [-0.05, 0) is 26.8 Å². The van der Waals surface area contributed by atoms with E-state index in [-0.39, 0.29) is 12.1 Å². The molecule has 1 radical (unpaired) electrons. The topological polar surface area (TPSA) is 41.5 Å². The van der Waals surface area contributed by atoms with Crippen molar-refractivity contribution in [2.45, 2.75) is 32.4 Å². The fourth-order valence-corrected chi connectivity index (χ4v) is 1.14. The average Bonchev–Trinajstić information content (AvgIpc) is 2.24. The molecule has 0 bridgehead atoms. The minimum Gasteiger partial charge on any atom is -0.490 e. The molecule has 0 saturated heterocycles. The van der Waals surface area contributed by atoms with Crippen LogP contribution in [-0.4, -0.2) is 29.9 Å². The van der Waals surface area contributed by atoms with Crippen molar-refractivity contribution in [2.75, 3.05) is 13.2 Å². The zero-order chi connectivity index (χ0) is 12.0. The molecule has 0 heterocycles. The Hall–Kier alpha value is -1.06. The van der Waals surface area contributed by atoms with Crippen LogP contribution in [0.15, 0.2) is 24.3 Å². The predicted octanol–water partition coefficient (Wildman–Crippen LogP) is 1.61. The maximum absolute atomic E-state index is 9.67. The van der Waals surface area contributed by atoms with E-state index in [0.29, 0.717) is 12.3 Å². The van der Waals surface area contributed by atoms with Crippen molar-refractivity contribution in [1.82, 2.24) is 5.32 Å². The SMILES string of the molecule is CC(C)(C)NCC(O)COc1[c]cccc1. The lowest BCUT2D eigenvalue weighted by molar-refractivity contribution is 0.0999. The van der Waals surface area contributed by atoms with Crippen LogP contribution >= 0.6 is 0 Å². The van der Waals surface area contributed by atoms with Gasteiger partial charge in [-0.2, -0.15) is 0 Å². The summed E-state index contributed by atoms with van der Waals surface area (Å²) in [7, 11) is 0. The van der Waals surface area contributed by atoms with Crippen LogP contribution in [-0.2, 0) is 0 Å². The van der Waals surface area contributed by atoms with E-state index < -0.39 is 6.10 Å². The second-order valence-corrected chi connectivity index (χ2v) is 4.82. The van der Waals surface area contributed by atoms with Crippen LogP contribution in [0.4, 0.5) is 0 Å². The molecular weight excluding hydrogens is 202 g/mol. The summed E-state index contributed by atoms with van der Waals surface area (Å²) < 4.78 is 5.39. The Kier molecular flexibility index (Phi) is 4.77. The molecule has 3 nitrogen and oxygen atoms in total. The summed E-state index contributed by atoms with van der Waals surface area (Å²) in [5.74, 6) is 0.664. The highest BCUT2D eigenvalue weighted by Gasteiger charge is 2.12. The van der Waals surface area contributed by atoms with Gasteiger partial charge in [-0.1, -0.05) is 18.2 Å². The first-order chi connectivity index (χ1) is 7.47. The molecule has 0 amide bonds. The molecule has 0 spiro atoms. The third-order valence-corrected chi connectivity index (χ3v) is 1.98. The van der Waals surface area contributed by atoms with Gasteiger partial charge in [-0.25, -0.2) is 0 Å². The summed E-state index contributed by atoms with van der Waals surface area (Å²) in [6, 6.07) is 10.3. The minimum absolute atomic E-state index is 0.0137. The fourth-order valence-electron chi connectivity index (χ4n) is 1.14. The van der Waals surface area contributed by atoms with Gasteiger partial charge in [0.2, 0.25) is 0 Å².